The number of halogens is 3. The van der Waals surface area contributed by atoms with E-state index in [9.17, 15) is 18.0 Å². The van der Waals surface area contributed by atoms with Crippen molar-refractivity contribution in [3.8, 4) is 0 Å². The monoisotopic (exact) mass is 344 g/mol. The van der Waals surface area contributed by atoms with Crippen LogP contribution in [0.25, 0.3) is 0 Å². The molecule has 1 amide bonds. The highest BCUT2D eigenvalue weighted by molar-refractivity contribution is 5.79. The molecule has 0 N–H and O–H groups in total. The maximum absolute atomic E-state index is 12.7. The van der Waals surface area contributed by atoms with Gasteiger partial charge in [0.1, 0.15) is 6.54 Å². The predicted octanol–water partition coefficient (Wildman–Crippen LogP) is 2.98. The number of likely N-dealkylation sites (tertiary alicyclic amines) is 1. The predicted molar refractivity (Wildman–Crippen MR) is 81.1 cm³/mol. The minimum absolute atomic E-state index is 0.0163. The van der Waals surface area contributed by atoms with E-state index in [0.29, 0.717) is 24.7 Å². The van der Waals surface area contributed by atoms with E-state index in [-0.39, 0.29) is 17.7 Å². The van der Waals surface area contributed by atoms with E-state index in [1.807, 2.05) is 4.90 Å². The van der Waals surface area contributed by atoms with Gasteiger partial charge in [-0.2, -0.15) is 13.2 Å². The standard InChI is InChI=1S/C16H23F3N4O/c1-2-11-4-3-5-13(11)15(24)22-7-6-12(8-22)14-9-23(21-20-14)10-16(17,18)19/h9,11-13H,2-8,10H2,1H3. The third-order valence-corrected chi connectivity index (χ3v) is 5.32. The van der Waals surface area contributed by atoms with Crippen LogP contribution in [0.4, 0.5) is 13.2 Å². The summed E-state index contributed by atoms with van der Waals surface area (Å²) in [5.74, 6) is 0.792. The van der Waals surface area contributed by atoms with Crippen molar-refractivity contribution >= 4 is 5.91 Å². The summed E-state index contributed by atoms with van der Waals surface area (Å²) in [6.45, 7) is 2.19. The summed E-state index contributed by atoms with van der Waals surface area (Å²) in [7, 11) is 0. The largest absolute Gasteiger partial charge is 0.408 e. The molecule has 0 aromatic carbocycles. The van der Waals surface area contributed by atoms with E-state index >= 15 is 0 Å². The Bertz CT molecular complexity index is 586. The molecule has 2 heterocycles. The van der Waals surface area contributed by atoms with E-state index < -0.39 is 12.7 Å². The first-order valence-electron chi connectivity index (χ1n) is 8.63. The molecule has 1 saturated carbocycles. The lowest BCUT2D eigenvalue weighted by Crippen LogP contribution is -2.35. The normalized spacial score (nSPS) is 27.8. The van der Waals surface area contributed by atoms with Crippen molar-refractivity contribution < 1.29 is 18.0 Å². The van der Waals surface area contributed by atoms with Gasteiger partial charge in [-0.05, 0) is 25.2 Å². The van der Waals surface area contributed by atoms with Crippen LogP contribution in [0.15, 0.2) is 6.20 Å². The van der Waals surface area contributed by atoms with Gasteiger partial charge in [0.2, 0.25) is 5.91 Å². The molecule has 1 saturated heterocycles. The molecule has 24 heavy (non-hydrogen) atoms. The van der Waals surface area contributed by atoms with Crippen LogP contribution >= 0.6 is 0 Å². The first-order chi connectivity index (χ1) is 11.4. The lowest BCUT2D eigenvalue weighted by molar-refractivity contribution is -0.142. The van der Waals surface area contributed by atoms with Crippen molar-refractivity contribution in [1.82, 2.24) is 19.9 Å². The summed E-state index contributed by atoms with van der Waals surface area (Å²) in [5.41, 5.74) is 0.549. The van der Waals surface area contributed by atoms with Gasteiger partial charge in [-0.3, -0.25) is 4.79 Å². The summed E-state index contributed by atoms with van der Waals surface area (Å²) in [6, 6.07) is 0. The van der Waals surface area contributed by atoms with Crippen molar-refractivity contribution in [3.63, 3.8) is 0 Å². The summed E-state index contributed by atoms with van der Waals surface area (Å²) in [6.07, 6.45) is 2.00. The molecule has 134 valence electrons. The number of amides is 1. The molecule has 8 heteroatoms. The number of rotatable bonds is 4. The van der Waals surface area contributed by atoms with E-state index in [0.717, 1.165) is 36.8 Å². The number of hydrogen-bond donors (Lipinski definition) is 0. The molecule has 5 nitrogen and oxygen atoms in total. The van der Waals surface area contributed by atoms with Gasteiger partial charge < -0.3 is 4.90 Å². The Hall–Kier alpha value is -1.60. The van der Waals surface area contributed by atoms with Crippen LogP contribution in [0.1, 0.15) is 50.6 Å². The van der Waals surface area contributed by atoms with Crippen molar-refractivity contribution in [2.45, 2.75) is 57.7 Å². The van der Waals surface area contributed by atoms with Gasteiger partial charge in [-0.1, -0.05) is 25.0 Å². The van der Waals surface area contributed by atoms with E-state index in [1.54, 1.807) is 0 Å². The molecule has 1 aliphatic carbocycles. The zero-order chi connectivity index (χ0) is 17.3. The molecule has 0 spiro atoms. The molecule has 0 radical (unpaired) electrons. The van der Waals surface area contributed by atoms with Crippen molar-refractivity contribution in [1.29, 1.82) is 0 Å². The average Bonchev–Trinajstić information content (AvgIpc) is 3.24. The Balaban J connectivity index is 1.60. The van der Waals surface area contributed by atoms with Gasteiger partial charge in [0.15, 0.2) is 0 Å². The summed E-state index contributed by atoms with van der Waals surface area (Å²) >= 11 is 0. The number of nitrogens with zero attached hydrogens (tertiary/aromatic N) is 4. The van der Waals surface area contributed by atoms with Gasteiger partial charge in [-0.25, -0.2) is 4.68 Å². The quantitative estimate of drug-likeness (QED) is 0.844. The smallest absolute Gasteiger partial charge is 0.342 e. The van der Waals surface area contributed by atoms with Gasteiger partial charge in [0.25, 0.3) is 0 Å². The second-order valence-electron chi connectivity index (χ2n) is 6.93. The third kappa shape index (κ3) is 3.72. The number of alkyl halides is 3. The van der Waals surface area contributed by atoms with Gasteiger partial charge >= 0.3 is 6.18 Å². The number of carbonyl (C=O) groups excluding carboxylic acids is 1. The maximum atomic E-state index is 12.7. The molecule has 1 aromatic rings. The number of aromatic nitrogens is 3. The third-order valence-electron chi connectivity index (χ3n) is 5.32. The van der Waals surface area contributed by atoms with Crippen LogP contribution in [-0.4, -0.2) is 45.1 Å². The molecular weight excluding hydrogens is 321 g/mol. The molecule has 2 aliphatic rings. The Morgan fingerprint density at radius 3 is 2.83 bits per heavy atom. The van der Waals surface area contributed by atoms with E-state index in [2.05, 4.69) is 17.2 Å². The molecule has 3 atom stereocenters. The Morgan fingerprint density at radius 2 is 2.12 bits per heavy atom. The molecular formula is C16H23F3N4O. The highest BCUT2D eigenvalue weighted by Crippen LogP contribution is 2.37. The van der Waals surface area contributed by atoms with Crippen LogP contribution in [0.2, 0.25) is 0 Å². The number of hydrogen-bond acceptors (Lipinski definition) is 3. The average molecular weight is 344 g/mol. The van der Waals surface area contributed by atoms with E-state index in [4.69, 9.17) is 0 Å². The topological polar surface area (TPSA) is 51.0 Å². The lowest BCUT2D eigenvalue weighted by atomic mass is 9.92. The van der Waals surface area contributed by atoms with Crippen LogP contribution in [0.3, 0.4) is 0 Å². The zero-order valence-electron chi connectivity index (χ0n) is 13.8. The van der Waals surface area contributed by atoms with Crippen LogP contribution in [-0.2, 0) is 11.3 Å². The lowest BCUT2D eigenvalue weighted by Gasteiger charge is -2.24. The fourth-order valence-electron chi connectivity index (χ4n) is 4.05. The Labute approximate surface area is 139 Å². The van der Waals surface area contributed by atoms with Gasteiger partial charge in [0.05, 0.1) is 5.69 Å². The van der Waals surface area contributed by atoms with Crippen LogP contribution < -0.4 is 0 Å². The van der Waals surface area contributed by atoms with Crippen LogP contribution in [0, 0.1) is 11.8 Å². The zero-order valence-corrected chi connectivity index (χ0v) is 13.8. The summed E-state index contributed by atoms with van der Waals surface area (Å²) in [5, 5.41) is 7.44. The molecule has 3 unspecified atom stereocenters. The number of carbonyl (C=O) groups is 1. The second-order valence-corrected chi connectivity index (χ2v) is 6.93. The maximum Gasteiger partial charge on any atom is 0.408 e. The minimum Gasteiger partial charge on any atom is -0.342 e. The Kier molecular flexibility index (Phi) is 4.83. The van der Waals surface area contributed by atoms with Crippen molar-refractivity contribution in [2.24, 2.45) is 11.8 Å². The van der Waals surface area contributed by atoms with Gasteiger partial charge in [0, 0.05) is 31.1 Å². The molecule has 1 aliphatic heterocycles. The van der Waals surface area contributed by atoms with Crippen LogP contribution in [0.5, 0.6) is 0 Å². The highest BCUT2D eigenvalue weighted by atomic mass is 19.4. The molecule has 1 aromatic heterocycles. The molecule has 3 rings (SSSR count). The summed E-state index contributed by atoms with van der Waals surface area (Å²) in [4.78, 5) is 14.6. The summed E-state index contributed by atoms with van der Waals surface area (Å²) < 4.78 is 38.0. The van der Waals surface area contributed by atoms with E-state index in [1.165, 1.54) is 6.20 Å². The Morgan fingerprint density at radius 1 is 1.33 bits per heavy atom. The fraction of sp³-hybridized carbons (Fsp3) is 0.812. The molecule has 0 bridgehead atoms. The minimum atomic E-state index is -4.31. The first kappa shape index (κ1) is 17.2. The van der Waals surface area contributed by atoms with Gasteiger partial charge in [-0.15, -0.1) is 5.10 Å². The SMILES string of the molecule is CCC1CCCC1C(=O)N1CCC(c2cn(CC(F)(F)F)nn2)C1. The highest BCUT2D eigenvalue weighted by Gasteiger charge is 2.38. The second kappa shape index (κ2) is 6.72. The van der Waals surface area contributed by atoms with Crippen molar-refractivity contribution in [2.75, 3.05) is 13.1 Å². The van der Waals surface area contributed by atoms with Crippen molar-refractivity contribution in [3.05, 3.63) is 11.9 Å². The fourth-order valence-corrected chi connectivity index (χ4v) is 4.05. The first-order valence-corrected chi connectivity index (χ1v) is 8.63. The molecule has 2 fully saturated rings.